The topological polar surface area (TPSA) is 33.1 Å². The predicted molar refractivity (Wildman–Crippen MR) is 76.0 cm³/mol. The number of piperidine rings is 1. The highest BCUT2D eigenvalue weighted by Crippen LogP contribution is 2.17. The lowest BCUT2D eigenvalue weighted by Crippen LogP contribution is -2.39. The maximum atomic E-state index is 4.37. The van der Waals surface area contributed by atoms with Crippen LogP contribution in [0.2, 0.25) is 0 Å². The van der Waals surface area contributed by atoms with Gasteiger partial charge in [0.15, 0.2) is 0 Å². The molecule has 0 aliphatic carbocycles. The zero-order chi connectivity index (χ0) is 13.0. The molecule has 0 saturated carbocycles. The first-order chi connectivity index (χ1) is 8.69. The van der Waals surface area contributed by atoms with E-state index in [0.717, 1.165) is 5.69 Å². The molecule has 0 bridgehead atoms. The monoisotopic (exact) mass is 250 g/mol. The Morgan fingerprint density at radius 1 is 1.39 bits per heavy atom. The molecule has 0 spiro atoms. The van der Waals surface area contributed by atoms with Gasteiger partial charge in [-0.3, -0.25) is 4.68 Å². The first-order valence-corrected chi connectivity index (χ1v) is 7.22. The fraction of sp³-hybridized carbons (Fsp3) is 0.786. The van der Waals surface area contributed by atoms with Crippen molar-refractivity contribution in [2.24, 2.45) is 0 Å². The molecule has 2 heterocycles. The van der Waals surface area contributed by atoms with E-state index in [1.165, 1.54) is 38.9 Å². The van der Waals surface area contributed by atoms with Crippen LogP contribution in [-0.4, -0.2) is 40.4 Å². The van der Waals surface area contributed by atoms with Gasteiger partial charge in [0.05, 0.1) is 11.9 Å². The normalized spacial score (nSPS) is 18.4. The summed E-state index contributed by atoms with van der Waals surface area (Å²) >= 11 is 0. The van der Waals surface area contributed by atoms with E-state index in [1.807, 2.05) is 10.9 Å². The molecule has 1 aromatic heterocycles. The van der Waals surface area contributed by atoms with Crippen LogP contribution >= 0.6 is 0 Å². The third-order valence-corrected chi connectivity index (χ3v) is 3.63. The lowest BCUT2D eigenvalue weighted by atomic mass is 10.0. The second-order valence-corrected chi connectivity index (χ2v) is 5.56. The number of nitrogens with one attached hydrogen (secondary N) is 1. The Hall–Kier alpha value is -1.03. The van der Waals surface area contributed by atoms with E-state index in [9.17, 15) is 0 Å². The van der Waals surface area contributed by atoms with E-state index in [0.29, 0.717) is 12.1 Å². The molecule has 2 rings (SSSR count). The van der Waals surface area contributed by atoms with Gasteiger partial charge in [0.25, 0.3) is 0 Å². The van der Waals surface area contributed by atoms with E-state index in [2.05, 4.69) is 42.3 Å². The van der Waals surface area contributed by atoms with Crippen molar-refractivity contribution in [1.82, 2.24) is 14.7 Å². The van der Waals surface area contributed by atoms with Crippen molar-refractivity contribution in [2.45, 2.75) is 52.1 Å². The summed E-state index contributed by atoms with van der Waals surface area (Å²) < 4.78 is 2.01. The molecule has 102 valence electrons. The average Bonchev–Trinajstić information content (AvgIpc) is 2.81. The molecule has 0 atom stereocenters. The molecular formula is C14H26N4. The van der Waals surface area contributed by atoms with Gasteiger partial charge in [-0.15, -0.1) is 0 Å². The van der Waals surface area contributed by atoms with Crippen LogP contribution in [0.3, 0.4) is 0 Å². The maximum Gasteiger partial charge on any atom is 0.0728 e. The highest BCUT2D eigenvalue weighted by Gasteiger charge is 2.18. The second-order valence-electron chi connectivity index (χ2n) is 5.56. The molecule has 4 nitrogen and oxygen atoms in total. The molecule has 0 unspecified atom stereocenters. The number of likely N-dealkylation sites (tertiary alicyclic amines) is 1. The third kappa shape index (κ3) is 3.48. The average molecular weight is 250 g/mol. The van der Waals surface area contributed by atoms with Gasteiger partial charge in [0.2, 0.25) is 0 Å². The Bertz CT molecular complexity index is 350. The molecule has 0 amide bonds. The third-order valence-electron chi connectivity index (χ3n) is 3.63. The lowest BCUT2D eigenvalue weighted by molar-refractivity contribution is 0.219. The molecule has 4 heteroatoms. The van der Waals surface area contributed by atoms with Crippen molar-refractivity contribution in [3.63, 3.8) is 0 Å². The fourth-order valence-corrected chi connectivity index (χ4v) is 2.55. The van der Waals surface area contributed by atoms with Crippen LogP contribution in [0.25, 0.3) is 0 Å². The summed E-state index contributed by atoms with van der Waals surface area (Å²) in [5, 5.41) is 7.98. The van der Waals surface area contributed by atoms with Crippen LogP contribution < -0.4 is 5.32 Å². The summed E-state index contributed by atoms with van der Waals surface area (Å²) in [6, 6.07) is 1.05. The highest BCUT2D eigenvalue weighted by atomic mass is 15.3. The largest absolute Gasteiger partial charge is 0.380 e. The van der Waals surface area contributed by atoms with Crippen LogP contribution in [-0.2, 0) is 0 Å². The van der Waals surface area contributed by atoms with E-state index in [-0.39, 0.29) is 0 Å². The fourth-order valence-electron chi connectivity index (χ4n) is 2.55. The van der Waals surface area contributed by atoms with Gasteiger partial charge in [-0.2, -0.15) is 5.10 Å². The standard InChI is InChI=1S/C14H26N4/c1-4-7-17-8-5-13(6-9-17)16-14-10-15-18(11-14)12(2)3/h10-13,16H,4-9H2,1-3H3. The first kappa shape index (κ1) is 13.4. The Kier molecular flexibility index (Phi) is 4.64. The minimum absolute atomic E-state index is 0.437. The second kappa shape index (κ2) is 6.23. The molecule has 0 aromatic carbocycles. The summed E-state index contributed by atoms with van der Waals surface area (Å²) in [7, 11) is 0. The molecule has 1 fully saturated rings. The smallest absolute Gasteiger partial charge is 0.0728 e. The van der Waals surface area contributed by atoms with Crippen LogP contribution in [0.4, 0.5) is 5.69 Å². The summed E-state index contributed by atoms with van der Waals surface area (Å²) in [4.78, 5) is 2.57. The summed E-state index contributed by atoms with van der Waals surface area (Å²) in [6.45, 7) is 10.3. The Morgan fingerprint density at radius 2 is 2.11 bits per heavy atom. The number of anilines is 1. The Balaban J connectivity index is 1.80. The molecular weight excluding hydrogens is 224 g/mol. The van der Waals surface area contributed by atoms with Gasteiger partial charge in [-0.25, -0.2) is 0 Å². The number of hydrogen-bond acceptors (Lipinski definition) is 3. The molecule has 1 saturated heterocycles. The van der Waals surface area contributed by atoms with Gasteiger partial charge in [0.1, 0.15) is 0 Å². The van der Waals surface area contributed by atoms with Crippen molar-refractivity contribution >= 4 is 5.69 Å². The summed E-state index contributed by atoms with van der Waals surface area (Å²) in [5.41, 5.74) is 1.16. The van der Waals surface area contributed by atoms with Crippen molar-refractivity contribution in [1.29, 1.82) is 0 Å². The zero-order valence-electron chi connectivity index (χ0n) is 11.9. The molecule has 0 radical (unpaired) electrons. The van der Waals surface area contributed by atoms with Gasteiger partial charge in [-0.1, -0.05) is 6.92 Å². The number of nitrogens with zero attached hydrogens (tertiary/aromatic N) is 3. The van der Waals surface area contributed by atoms with Crippen LogP contribution in [0.5, 0.6) is 0 Å². The summed E-state index contributed by atoms with van der Waals surface area (Å²) in [6.07, 6.45) is 7.81. The summed E-state index contributed by atoms with van der Waals surface area (Å²) in [5.74, 6) is 0. The number of rotatable bonds is 5. The van der Waals surface area contributed by atoms with Gasteiger partial charge in [0, 0.05) is 31.4 Å². The molecule has 1 aliphatic rings. The Morgan fingerprint density at radius 3 is 2.67 bits per heavy atom. The quantitative estimate of drug-likeness (QED) is 0.872. The van der Waals surface area contributed by atoms with Gasteiger partial charge >= 0.3 is 0 Å². The molecule has 1 aliphatic heterocycles. The molecule has 1 aromatic rings. The SMILES string of the molecule is CCCN1CCC(Nc2cnn(C(C)C)c2)CC1. The van der Waals surface area contributed by atoms with Gasteiger partial charge < -0.3 is 10.2 Å². The lowest BCUT2D eigenvalue weighted by Gasteiger charge is -2.32. The number of hydrogen-bond donors (Lipinski definition) is 1. The van der Waals surface area contributed by atoms with E-state index < -0.39 is 0 Å². The maximum absolute atomic E-state index is 4.37. The van der Waals surface area contributed by atoms with E-state index >= 15 is 0 Å². The molecule has 1 N–H and O–H groups in total. The minimum atomic E-state index is 0.437. The highest BCUT2D eigenvalue weighted by molar-refractivity contribution is 5.39. The van der Waals surface area contributed by atoms with E-state index in [1.54, 1.807) is 0 Å². The van der Waals surface area contributed by atoms with Crippen LogP contribution in [0, 0.1) is 0 Å². The predicted octanol–water partition coefficient (Wildman–Crippen LogP) is 2.75. The van der Waals surface area contributed by atoms with E-state index in [4.69, 9.17) is 0 Å². The van der Waals surface area contributed by atoms with Crippen LogP contribution in [0.15, 0.2) is 12.4 Å². The number of aromatic nitrogens is 2. The minimum Gasteiger partial charge on any atom is -0.380 e. The van der Waals surface area contributed by atoms with Crippen molar-refractivity contribution in [2.75, 3.05) is 25.0 Å². The van der Waals surface area contributed by atoms with Crippen molar-refractivity contribution in [3.8, 4) is 0 Å². The first-order valence-electron chi connectivity index (χ1n) is 7.22. The van der Waals surface area contributed by atoms with Crippen molar-refractivity contribution in [3.05, 3.63) is 12.4 Å². The zero-order valence-corrected chi connectivity index (χ0v) is 11.9. The van der Waals surface area contributed by atoms with Crippen LogP contribution in [0.1, 0.15) is 46.1 Å². The van der Waals surface area contributed by atoms with Gasteiger partial charge in [-0.05, 0) is 39.7 Å². The van der Waals surface area contributed by atoms with Crippen molar-refractivity contribution < 1.29 is 0 Å². The molecule has 18 heavy (non-hydrogen) atoms. The Labute approximate surface area is 110 Å².